The molecule has 0 aliphatic rings. The lowest BCUT2D eigenvalue weighted by molar-refractivity contribution is -0.127. The van der Waals surface area contributed by atoms with Crippen LogP contribution in [-0.2, 0) is 11.3 Å². The fourth-order valence-corrected chi connectivity index (χ4v) is 3.70. The lowest BCUT2D eigenvalue weighted by atomic mass is 10.2. The van der Waals surface area contributed by atoms with Gasteiger partial charge in [0.15, 0.2) is 5.16 Å². The van der Waals surface area contributed by atoms with Gasteiger partial charge >= 0.3 is 0 Å². The number of rotatable bonds is 6. The molecule has 0 N–H and O–H groups in total. The van der Waals surface area contributed by atoms with Gasteiger partial charge in [-0.15, -0.1) is 0 Å². The second-order valence-corrected chi connectivity index (χ2v) is 7.34. The van der Waals surface area contributed by atoms with E-state index in [0.29, 0.717) is 17.3 Å². The molecule has 0 spiro atoms. The van der Waals surface area contributed by atoms with Crippen LogP contribution in [0.5, 0.6) is 0 Å². The van der Waals surface area contributed by atoms with Gasteiger partial charge in [0.2, 0.25) is 5.91 Å². The summed E-state index contributed by atoms with van der Waals surface area (Å²) in [5.41, 5.74) is 3.08. The molecule has 6 heteroatoms. The van der Waals surface area contributed by atoms with E-state index in [0.717, 1.165) is 22.0 Å². The Morgan fingerprint density at radius 2 is 1.96 bits per heavy atom. The Morgan fingerprint density at radius 1 is 1.19 bits per heavy atom. The van der Waals surface area contributed by atoms with Crippen LogP contribution in [0.3, 0.4) is 0 Å². The minimum Gasteiger partial charge on any atom is -0.341 e. The minimum absolute atomic E-state index is 0.0659. The fraction of sp³-hybridized carbons (Fsp3) is 0.200. The first kappa shape index (κ1) is 18.5. The van der Waals surface area contributed by atoms with E-state index in [2.05, 4.69) is 4.98 Å². The third-order valence-corrected chi connectivity index (χ3v) is 5.48. The van der Waals surface area contributed by atoms with Crippen LogP contribution in [0.2, 0.25) is 5.02 Å². The number of hydrogen-bond donors (Lipinski definition) is 0. The van der Waals surface area contributed by atoms with Crippen LogP contribution in [0.15, 0.2) is 66.1 Å². The van der Waals surface area contributed by atoms with Crippen molar-refractivity contribution >= 4 is 29.3 Å². The van der Waals surface area contributed by atoms with Crippen LogP contribution in [-0.4, -0.2) is 33.2 Å². The third kappa shape index (κ3) is 4.29. The highest BCUT2D eigenvalue weighted by Gasteiger charge is 2.14. The molecule has 3 aromatic rings. The average Bonchev–Trinajstić information content (AvgIpc) is 3.11. The van der Waals surface area contributed by atoms with E-state index < -0.39 is 0 Å². The number of halogens is 1. The molecule has 134 valence electrons. The zero-order chi connectivity index (χ0) is 18.5. The van der Waals surface area contributed by atoms with Gasteiger partial charge in [-0.25, -0.2) is 4.98 Å². The van der Waals surface area contributed by atoms with Crippen molar-refractivity contribution < 1.29 is 4.79 Å². The summed E-state index contributed by atoms with van der Waals surface area (Å²) in [5.74, 6) is 0.399. The van der Waals surface area contributed by atoms with E-state index >= 15 is 0 Å². The largest absolute Gasteiger partial charge is 0.341 e. The highest BCUT2D eigenvalue weighted by atomic mass is 35.5. The summed E-state index contributed by atoms with van der Waals surface area (Å²) in [7, 11) is 1.82. The molecule has 0 radical (unpaired) electrons. The molecule has 3 rings (SSSR count). The lowest BCUT2D eigenvalue weighted by Gasteiger charge is -2.17. The molecule has 0 bridgehead atoms. The summed E-state index contributed by atoms with van der Waals surface area (Å²) < 4.78 is 1.97. The summed E-state index contributed by atoms with van der Waals surface area (Å²) in [5, 5.41) is 1.49. The molecule has 0 saturated heterocycles. The predicted molar refractivity (Wildman–Crippen MR) is 107 cm³/mol. The quantitative estimate of drug-likeness (QED) is 0.583. The number of hydrogen-bond acceptors (Lipinski definition) is 3. The normalized spacial score (nSPS) is 10.7. The molecule has 4 nitrogen and oxygen atoms in total. The molecule has 1 heterocycles. The first-order chi connectivity index (χ1) is 12.6. The molecule has 0 saturated carbocycles. The molecule has 2 aromatic carbocycles. The smallest absolute Gasteiger partial charge is 0.233 e. The highest BCUT2D eigenvalue weighted by Crippen LogP contribution is 2.26. The molecule has 0 fully saturated rings. The average molecular weight is 386 g/mol. The monoisotopic (exact) mass is 385 g/mol. The molecular weight excluding hydrogens is 366 g/mol. The van der Waals surface area contributed by atoms with E-state index in [1.165, 1.54) is 11.8 Å². The van der Waals surface area contributed by atoms with Gasteiger partial charge < -0.3 is 4.90 Å². The third-order valence-electron chi connectivity index (χ3n) is 4.12. The van der Waals surface area contributed by atoms with Crippen molar-refractivity contribution in [2.24, 2.45) is 0 Å². The summed E-state index contributed by atoms with van der Waals surface area (Å²) >= 11 is 7.66. The maximum absolute atomic E-state index is 12.5. The van der Waals surface area contributed by atoms with Crippen LogP contribution in [0.1, 0.15) is 11.1 Å². The molecule has 1 amide bonds. The maximum atomic E-state index is 12.5. The number of imidazole rings is 1. The van der Waals surface area contributed by atoms with Gasteiger partial charge in [-0.3, -0.25) is 9.36 Å². The molecule has 26 heavy (non-hydrogen) atoms. The topological polar surface area (TPSA) is 38.1 Å². The van der Waals surface area contributed by atoms with Gasteiger partial charge in [-0.05, 0) is 30.2 Å². The van der Waals surface area contributed by atoms with Crippen LogP contribution >= 0.6 is 23.4 Å². The van der Waals surface area contributed by atoms with Gasteiger partial charge in [-0.2, -0.15) is 0 Å². The van der Waals surface area contributed by atoms with Crippen LogP contribution in [0.4, 0.5) is 0 Å². The van der Waals surface area contributed by atoms with Crippen molar-refractivity contribution in [3.63, 3.8) is 0 Å². The van der Waals surface area contributed by atoms with Crippen LogP contribution in [0, 0.1) is 6.92 Å². The van der Waals surface area contributed by atoms with E-state index in [1.54, 1.807) is 11.1 Å². The summed E-state index contributed by atoms with van der Waals surface area (Å²) in [6.07, 6.45) is 3.62. The standard InChI is InChI=1S/C20H20ClN3OS/c1-15-17(21)9-6-10-18(15)24-12-11-22-20(24)26-14-19(25)23(2)13-16-7-4-3-5-8-16/h3-12H,13-14H2,1-2H3. The van der Waals surface area contributed by atoms with Gasteiger partial charge in [0, 0.05) is 31.0 Å². The second-order valence-electron chi connectivity index (χ2n) is 5.99. The van der Waals surface area contributed by atoms with Gasteiger partial charge in [0.1, 0.15) is 0 Å². The molecular formula is C20H20ClN3OS. The number of benzene rings is 2. The summed E-state index contributed by atoms with van der Waals surface area (Å²) in [4.78, 5) is 18.6. The van der Waals surface area contributed by atoms with Crippen molar-refractivity contribution in [3.8, 4) is 5.69 Å². The number of amides is 1. The number of aromatic nitrogens is 2. The lowest BCUT2D eigenvalue weighted by Crippen LogP contribution is -2.27. The Kier molecular flexibility index (Phi) is 6.01. The van der Waals surface area contributed by atoms with Crippen molar-refractivity contribution in [2.45, 2.75) is 18.6 Å². The molecule has 0 unspecified atom stereocenters. The first-order valence-electron chi connectivity index (χ1n) is 8.26. The fourth-order valence-electron chi connectivity index (χ4n) is 2.62. The summed E-state index contributed by atoms with van der Waals surface area (Å²) in [6.45, 7) is 2.58. The van der Waals surface area contributed by atoms with E-state index in [1.807, 2.05) is 73.3 Å². The Morgan fingerprint density at radius 3 is 2.73 bits per heavy atom. The van der Waals surface area contributed by atoms with Crippen molar-refractivity contribution in [3.05, 3.63) is 77.1 Å². The SMILES string of the molecule is Cc1c(Cl)cccc1-n1ccnc1SCC(=O)N(C)Cc1ccccc1. The zero-order valence-corrected chi connectivity index (χ0v) is 16.3. The second kappa shape index (κ2) is 8.43. The van der Waals surface area contributed by atoms with Crippen molar-refractivity contribution in [1.29, 1.82) is 0 Å². The van der Waals surface area contributed by atoms with Crippen LogP contribution < -0.4 is 0 Å². The van der Waals surface area contributed by atoms with E-state index in [-0.39, 0.29) is 5.91 Å². The molecule has 0 aliphatic carbocycles. The first-order valence-corrected chi connectivity index (χ1v) is 9.62. The van der Waals surface area contributed by atoms with Crippen molar-refractivity contribution in [1.82, 2.24) is 14.5 Å². The Hall–Kier alpha value is -2.24. The van der Waals surface area contributed by atoms with E-state index in [9.17, 15) is 4.79 Å². The Balaban J connectivity index is 1.66. The maximum Gasteiger partial charge on any atom is 0.233 e. The van der Waals surface area contributed by atoms with Crippen molar-refractivity contribution in [2.75, 3.05) is 12.8 Å². The number of carbonyl (C=O) groups excluding carboxylic acids is 1. The number of nitrogens with zero attached hydrogens (tertiary/aromatic N) is 3. The van der Waals surface area contributed by atoms with Crippen LogP contribution in [0.25, 0.3) is 5.69 Å². The molecule has 0 atom stereocenters. The molecule has 1 aromatic heterocycles. The molecule has 0 aliphatic heterocycles. The predicted octanol–water partition coefficient (Wildman–Crippen LogP) is 4.58. The highest BCUT2D eigenvalue weighted by molar-refractivity contribution is 7.99. The zero-order valence-electron chi connectivity index (χ0n) is 14.7. The van der Waals surface area contributed by atoms with E-state index in [4.69, 9.17) is 11.6 Å². The Labute approximate surface area is 162 Å². The van der Waals surface area contributed by atoms with Gasteiger partial charge in [0.05, 0.1) is 11.4 Å². The Bertz CT molecular complexity index is 895. The number of thioether (sulfide) groups is 1. The minimum atomic E-state index is 0.0659. The van der Waals surface area contributed by atoms with Gasteiger partial charge in [0.25, 0.3) is 0 Å². The van der Waals surface area contributed by atoms with Gasteiger partial charge in [-0.1, -0.05) is 59.8 Å². The summed E-state index contributed by atoms with van der Waals surface area (Å²) in [6, 6.07) is 15.7. The number of carbonyl (C=O) groups is 1.